The second kappa shape index (κ2) is 6.39. The lowest BCUT2D eigenvalue weighted by Crippen LogP contribution is -2.52. The first kappa shape index (κ1) is 16.7. The Morgan fingerprint density at radius 3 is 2.17 bits per heavy atom. The summed E-state index contributed by atoms with van der Waals surface area (Å²) in [6.45, 7) is 4.02. The van der Waals surface area contributed by atoms with Gasteiger partial charge in [-0.3, -0.25) is 9.59 Å². The fraction of sp³-hybridized carbons (Fsp3) is 0.867. The molecule has 1 aliphatic carbocycles. The van der Waals surface area contributed by atoms with Gasteiger partial charge in [0.05, 0.1) is 11.4 Å². The Balaban J connectivity index is 1.52. The molecule has 130 valence electrons. The zero-order valence-corrected chi connectivity index (χ0v) is 14.3. The summed E-state index contributed by atoms with van der Waals surface area (Å²) < 4.78 is 30.0. The molecule has 8 heteroatoms. The molecule has 0 aromatic rings. The molecule has 0 N–H and O–H groups in total. The second-order valence-corrected chi connectivity index (χ2v) is 8.91. The van der Waals surface area contributed by atoms with E-state index in [0.717, 1.165) is 12.8 Å². The van der Waals surface area contributed by atoms with Gasteiger partial charge in [0.15, 0.2) is 9.84 Å². The maximum atomic E-state index is 12.4. The lowest BCUT2D eigenvalue weighted by atomic mass is 10.2. The van der Waals surface area contributed by atoms with E-state index in [4.69, 9.17) is 4.74 Å². The first-order valence-electron chi connectivity index (χ1n) is 8.28. The van der Waals surface area contributed by atoms with E-state index in [1.165, 1.54) is 0 Å². The molecule has 2 amide bonds. The van der Waals surface area contributed by atoms with E-state index in [9.17, 15) is 18.0 Å². The summed E-state index contributed by atoms with van der Waals surface area (Å²) in [4.78, 5) is 27.6. The molecule has 7 nitrogen and oxygen atoms in total. The molecule has 23 heavy (non-hydrogen) atoms. The van der Waals surface area contributed by atoms with Crippen molar-refractivity contribution in [2.45, 2.75) is 37.5 Å². The Morgan fingerprint density at radius 2 is 1.65 bits per heavy atom. The minimum atomic E-state index is -3.49. The molecule has 3 fully saturated rings. The van der Waals surface area contributed by atoms with Crippen LogP contribution in [-0.2, 0) is 24.2 Å². The van der Waals surface area contributed by atoms with Gasteiger partial charge in [0.25, 0.3) is 0 Å². The first-order valence-corrected chi connectivity index (χ1v) is 10.00. The Kier molecular flexibility index (Phi) is 4.64. The highest BCUT2D eigenvalue weighted by atomic mass is 32.2. The minimum absolute atomic E-state index is 0.182. The molecule has 3 aliphatic rings. The topological polar surface area (TPSA) is 84.0 Å². The number of sulfone groups is 1. The summed E-state index contributed by atoms with van der Waals surface area (Å²) in [6.07, 6.45) is 2.05. The summed E-state index contributed by atoms with van der Waals surface area (Å²) in [6, 6.07) is 0. The van der Waals surface area contributed by atoms with Crippen molar-refractivity contribution in [2.75, 3.05) is 38.5 Å². The molecule has 2 unspecified atom stereocenters. The van der Waals surface area contributed by atoms with Gasteiger partial charge in [-0.05, 0) is 26.2 Å². The van der Waals surface area contributed by atoms with Crippen LogP contribution in [0.15, 0.2) is 0 Å². The molecule has 2 saturated heterocycles. The molecular formula is C15H24N2O5S. The molecule has 2 atom stereocenters. The summed E-state index contributed by atoms with van der Waals surface area (Å²) in [7, 11) is -3.49. The normalized spacial score (nSPS) is 28.9. The van der Waals surface area contributed by atoms with Crippen LogP contribution in [0.2, 0.25) is 0 Å². The van der Waals surface area contributed by atoms with Gasteiger partial charge in [0, 0.05) is 38.7 Å². The third-order valence-corrected chi connectivity index (χ3v) is 7.15. The fourth-order valence-corrected chi connectivity index (χ4v) is 5.18. The SMILES string of the molecule is CC1OCCC1S(=O)(=O)CC(=O)N1CCN(C(=O)C2CC2)CC1. The number of ether oxygens (including phenoxy) is 1. The van der Waals surface area contributed by atoms with Crippen molar-refractivity contribution in [3.63, 3.8) is 0 Å². The molecule has 1 saturated carbocycles. The summed E-state index contributed by atoms with van der Waals surface area (Å²) in [5, 5.41) is -0.579. The maximum Gasteiger partial charge on any atom is 0.237 e. The third kappa shape index (κ3) is 3.68. The van der Waals surface area contributed by atoms with E-state index in [1.54, 1.807) is 16.7 Å². The molecular weight excluding hydrogens is 320 g/mol. The van der Waals surface area contributed by atoms with Crippen LogP contribution in [0.4, 0.5) is 0 Å². The van der Waals surface area contributed by atoms with Crippen LogP contribution in [0.25, 0.3) is 0 Å². The van der Waals surface area contributed by atoms with Crippen LogP contribution in [0.1, 0.15) is 26.2 Å². The summed E-state index contributed by atoms with van der Waals surface area (Å²) in [5.74, 6) is -0.451. The zero-order chi connectivity index (χ0) is 16.6. The van der Waals surface area contributed by atoms with Crippen molar-refractivity contribution >= 4 is 21.7 Å². The lowest BCUT2D eigenvalue weighted by Gasteiger charge is -2.35. The summed E-state index contributed by atoms with van der Waals surface area (Å²) >= 11 is 0. The number of amides is 2. The fourth-order valence-electron chi connectivity index (χ4n) is 3.32. The Morgan fingerprint density at radius 1 is 1.04 bits per heavy atom. The largest absolute Gasteiger partial charge is 0.377 e. The molecule has 0 aromatic carbocycles. The van der Waals surface area contributed by atoms with E-state index in [1.807, 2.05) is 0 Å². The highest BCUT2D eigenvalue weighted by Crippen LogP contribution is 2.31. The van der Waals surface area contributed by atoms with Crippen LogP contribution in [0.5, 0.6) is 0 Å². The number of carbonyl (C=O) groups excluding carboxylic acids is 2. The monoisotopic (exact) mass is 344 g/mol. The average molecular weight is 344 g/mol. The Labute approximate surface area is 136 Å². The molecule has 0 aromatic heterocycles. The maximum absolute atomic E-state index is 12.4. The zero-order valence-electron chi connectivity index (χ0n) is 13.4. The van der Waals surface area contributed by atoms with Crippen molar-refractivity contribution in [1.29, 1.82) is 0 Å². The Hall–Kier alpha value is -1.15. The number of carbonyl (C=O) groups is 2. The molecule has 0 bridgehead atoms. The molecule has 0 spiro atoms. The number of hydrogen-bond acceptors (Lipinski definition) is 5. The summed E-state index contributed by atoms with van der Waals surface area (Å²) in [5.41, 5.74) is 0. The molecule has 3 rings (SSSR count). The first-order chi connectivity index (χ1) is 10.9. The van der Waals surface area contributed by atoms with Crippen LogP contribution in [-0.4, -0.2) is 79.9 Å². The smallest absolute Gasteiger partial charge is 0.237 e. The molecule has 0 radical (unpaired) electrons. The van der Waals surface area contributed by atoms with Gasteiger partial charge in [-0.1, -0.05) is 0 Å². The van der Waals surface area contributed by atoms with Gasteiger partial charge in [0.1, 0.15) is 5.75 Å². The van der Waals surface area contributed by atoms with Gasteiger partial charge in [-0.2, -0.15) is 0 Å². The number of piperazine rings is 1. The highest BCUT2D eigenvalue weighted by molar-refractivity contribution is 7.92. The predicted molar refractivity (Wildman–Crippen MR) is 83.5 cm³/mol. The van der Waals surface area contributed by atoms with Crippen LogP contribution in [0, 0.1) is 5.92 Å². The van der Waals surface area contributed by atoms with Gasteiger partial charge in [-0.15, -0.1) is 0 Å². The van der Waals surface area contributed by atoms with Crippen molar-refractivity contribution in [3.8, 4) is 0 Å². The number of hydrogen-bond donors (Lipinski definition) is 0. The Bertz CT molecular complexity index is 579. The standard InChI is InChI=1S/C15H24N2O5S/c1-11-13(4-9-22-11)23(20,21)10-14(18)16-5-7-17(8-6-16)15(19)12-2-3-12/h11-13H,2-10H2,1H3. The van der Waals surface area contributed by atoms with Gasteiger partial charge < -0.3 is 14.5 Å². The van der Waals surface area contributed by atoms with E-state index < -0.39 is 20.8 Å². The molecule has 2 heterocycles. The van der Waals surface area contributed by atoms with Crippen molar-refractivity contribution < 1.29 is 22.7 Å². The van der Waals surface area contributed by atoms with Gasteiger partial charge in [-0.25, -0.2) is 8.42 Å². The van der Waals surface area contributed by atoms with E-state index in [-0.39, 0.29) is 23.8 Å². The molecule has 2 aliphatic heterocycles. The average Bonchev–Trinajstić information content (AvgIpc) is 3.27. The van der Waals surface area contributed by atoms with Crippen molar-refractivity contribution in [3.05, 3.63) is 0 Å². The third-order valence-electron chi connectivity index (χ3n) is 4.96. The van der Waals surface area contributed by atoms with Crippen LogP contribution in [0.3, 0.4) is 0 Å². The van der Waals surface area contributed by atoms with Crippen LogP contribution >= 0.6 is 0 Å². The van der Waals surface area contributed by atoms with Gasteiger partial charge in [0.2, 0.25) is 11.8 Å². The minimum Gasteiger partial charge on any atom is -0.377 e. The number of nitrogens with zero attached hydrogens (tertiary/aromatic N) is 2. The van der Waals surface area contributed by atoms with E-state index in [0.29, 0.717) is 39.2 Å². The lowest BCUT2D eigenvalue weighted by molar-refractivity contribution is -0.139. The highest BCUT2D eigenvalue weighted by Gasteiger charge is 2.39. The van der Waals surface area contributed by atoms with Crippen molar-refractivity contribution in [2.24, 2.45) is 5.92 Å². The predicted octanol–water partition coefficient (Wildman–Crippen LogP) is -0.341. The van der Waals surface area contributed by atoms with Crippen LogP contribution < -0.4 is 0 Å². The quantitative estimate of drug-likeness (QED) is 0.697. The van der Waals surface area contributed by atoms with Gasteiger partial charge >= 0.3 is 0 Å². The second-order valence-electron chi connectivity index (χ2n) is 6.69. The van der Waals surface area contributed by atoms with E-state index in [2.05, 4.69) is 0 Å². The van der Waals surface area contributed by atoms with E-state index >= 15 is 0 Å². The number of rotatable bonds is 4. The van der Waals surface area contributed by atoms with Crippen molar-refractivity contribution in [1.82, 2.24) is 9.80 Å².